The maximum atomic E-state index is 12.7. The minimum absolute atomic E-state index is 0.0361. The molecule has 1 atom stereocenters. The van der Waals surface area contributed by atoms with E-state index in [0.717, 1.165) is 19.5 Å². The van der Waals surface area contributed by atoms with E-state index in [1.807, 2.05) is 10.3 Å². The van der Waals surface area contributed by atoms with E-state index in [9.17, 15) is 4.79 Å². The number of carbonyl (C=O) groups is 1. The van der Waals surface area contributed by atoms with E-state index in [1.54, 1.807) is 6.20 Å². The van der Waals surface area contributed by atoms with Gasteiger partial charge in [-0.25, -0.2) is 4.98 Å². The molecule has 0 saturated carbocycles. The predicted molar refractivity (Wildman–Crippen MR) is 104 cm³/mol. The van der Waals surface area contributed by atoms with Crippen LogP contribution in [0.5, 0.6) is 0 Å². The molecule has 2 aromatic rings. The molecule has 27 heavy (non-hydrogen) atoms. The van der Waals surface area contributed by atoms with Gasteiger partial charge in [0.15, 0.2) is 10.8 Å². The molecule has 4 rings (SSSR count). The molecule has 2 saturated heterocycles. The van der Waals surface area contributed by atoms with Crippen LogP contribution in [-0.4, -0.2) is 65.9 Å². The van der Waals surface area contributed by atoms with Gasteiger partial charge < -0.3 is 14.4 Å². The quantitative estimate of drug-likeness (QED) is 0.810. The standard InChI is InChI=1S/C20H25N3O3S/c1-16-5-2-3-6-17(16)13-22-8-4-10-25-20(14-22)15-23(9-11-26-20)19(24)18-21-7-12-27-18/h2-3,5-7,12H,4,8-11,13-15H2,1H3. The Morgan fingerprint density at radius 2 is 2.07 bits per heavy atom. The molecule has 144 valence electrons. The molecule has 0 N–H and O–H groups in total. The molecular formula is C20H25N3O3S. The molecule has 1 aromatic heterocycles. The highest BCUT2D eigenvalue weighted by molar-refractivity contribution is 7.11. The average molecular weight is 388 g/mol. The lowest BCUT2D eigenvalue weighted by molar-refractivity contribution is -0.261. The van der Waals surface area contributed by atoms with Crippen LogP contribution in [0.1, 0.15) is 27.3 Å². The van der Waals surface area contributed by atoms with Gasteiger partial charge >= 0.3 is 0 Å². The minimum atomic E-state index is -0.760. The molecular weight excluding hydrogens is 362 g/mol. The number of nitrogens with zero attached hydrogens (tertiary/aromatic N) is 3. The van der Waals surface area contributed by atoms with Gasteiger partial charge in [-0.2, -0.15) is 0 Å². The lowest BCUT2D eigenvalue weighted by Gasteiger charge is -2.43. The minimum Gasteiger partial charge on any atom is -0.347 e. The van der Waals surface area contributed by atoms with Crippen molar-refractivity contribution in [3.8, 4) is 0 Å². The van der Waals surface area contributed by atoms with Crippen LogP contribution in [0, 0.1) is 6.92 Å². The Morgan fingerprint density at radius 1 is 1.22 bits per heavy atom. The molecule has 2 aliphatic rings. The summed E-state index contributed by atoms with van der Waals surface area (Å²) in [6.45, 7) is 6.76. The van der Waals surface area contributed by atoms with Crippen molar-refractivity contribution in [1.29, 1.82) is 0 Å². The molecule has 7 heteroatoms. The van der Waals surface area contributed by atoms with Gasteiger partial charge in [-0.3, -0.25) is 9.69 Å². The molecule has 2 aliphatic heterocycles. The summed E-state index contributed by atoms with van der Waals surface area (Å²) >= 11 is 1.37. The zero-order chi connectivity index (χ0) is 18.7. The second kappa shape index (κ2) is 8.06. The van der Waals surface area contributed by atoms with Gasteiger partial charge in [0.25, 0.3) is 5.91 Å². The molecule has 0 aliphatic carbocycles. The topological polar surface area (TPSA) is 54.9 Å². The number of ether oxygens (including phenoxy) is 2. The number of rotatable bonds is 3. The van der Waals surface area contributed by atoms with Crippen LogP contribution in [0.25, 0.3) is 0 Å². The van der Waals surface area contributed by atoms with E-state index >= 15 is 0 Å². The lowest BCUT2D eigenvalue weighted by Crippen LogP contribution is -2.59. The summed E-state index contributed by atoms with van der Waals surface area (Å²) in [4.78, 5) is 21.1. The summed E-state index contributed by atoms with van der Waals surface area (Å²) < 4.78 is 12.3. The normalized spacial score (nSPS) is 24.1. The maximum Gasteiger partial charge on any atom is 0.283 e. The molecule has 1 aromatic carbocycles. The van der Waals surface area contributed by atoms with Crippen LogP contribution in [0.3, 0.4) is 0 Å². The first-order valence-corrected chi connectivity index (χ1v) is 10.3. The van der Waals surface area contributed by atoms with Gasteiger partial charge in [0, 0.05) is 31.2 Å². The third-order valence-corrected chi connectivity index (χ3v) is 5.93. The van der Waals surface area contributed by atoms with E-state index in [0.29, 0.717) is 37.9 Å². The number of hydrogen-bond acceptors (Lipinski definition) is 6. The molecule has 1 spiro atoms. The molecule has 0 radical (unpaired) electrons. The molecule has 2 fully saturated rings. The number of thiazole rings is 1. The van der Waals surface area contributed by atoms with Gasteiger partial charge in [0.2, 0.25) is 0 Å². The fourth-order valence-corrected chi connectivity index (χ4v) is 4.36. The smallest absolute Gasteiger partial charge is 0.283 e. The lowest BCUT2D eigenvalue weighted by atomic mass is 10.1. The summed E-state index contributed by atoms with van der Waals surface area (Å²) in [6, 6.07) is 8.47. The van der Waals surface area contributed by atoms with Crippen LogP contribution in [0.15, 0.2) is 35.8 Å². The first-order valence-electron chi connectivity index (χ1n) is 9.39. The van der Waals surface area contributed by atoms with Crippen molar-refractivity contribution >= 4 is 17.2 Å². The van der Waals surface area contributed by atoms with Crippen LogP contribution < -0.4 is 0 Å². The Labute approximate surface area is 163 Å². The van der Waals surface area contributed by atoms with Crippen molar-refractivity contribution in [2.45, 2.75) is 25.7 Å². The van der Waals surface area contributed by atoms with Gasteiger partial charge in [-0.1, -0.05) is 24.3 Å². The second-order valence-corrected chi connectivity index (χ2v) is 8.06. The zero-order valence-electron chi connectivity index (χ0n) is 15.6. The van der Waals surface area contributed by atoms with Crippen LogP contribution in [0.4, 0.5) is 0 Å². The first-order chi connectivity index (χ1) is 13.2. The third-order valence-electron chi connectivity index (χ3n) is 5.16. The van der Waals surface area contributed by atoms with E-state index in [1.165, 1.54) is 22.5 Å². The van der Waals surface area contributed by atoms with Crippen molar-refractivity contribution in [3.63, 3.8) is 0 Å². The summed E-state index contributed by atoms with van der Waals surface area (Å²) in [6.07, 6.45) is 2.62. The largest absolute Gasteiger partial charge is 0.347 e. The monoisotopic (exact) mass is 387 g/mol. The number of morpholine rings is 1. The molecule has 1 unspecified atom stereocenters. The Morgan fingerprint density at radius 3 is 2.89 bits per heavy atom. The highest BCUT2D eigenvalue weighted by Gasteiger charge is 2.42. The second-order valence-electron chi connectivity index (χ2n) is 7.16. The SMILES string of the molecule is Cc1ccccc1CN1CCCOC2(C1)CN(C(=O)c1nccs1)CCO2. The fraction of sp³-hybridized carbons (Fsp3) is 0.500. The number of aryl methyl sites for hydroxylation is 1. The van der Waals surface area contributed by atoms with Gasteiger partial charge in [0.05, 0.1) is 26.3 Å². The summed E-state index contributed by atoms with van der Waals surface area (Å²) in [5.74, 6) is -0.796. The number of benzene rings is 1. The average Bonchev–Trinajstić information content (AvgIpc) is 3.15. The van der Waals surface area contributed by atoms with E-state index in [2.05, 4.69) is 41.1 Å². The Balaban J connectivity index is 1.49. The Kier molecular flexibility index (Phi) is 5.54. The van der Waals surface area contributed by atoms with E-state index in [4.69, 9.17) is 9.47 Å². The molecule has 6 nitrogen and oxygen atoms in total. The highest BCUT2D eigenvalue weighted by atomic mass is 32.1. The van der Waals surface area contributed by atoms with Gasteiger partial charge in [0.1, 0.15) is 0 Å². The molecule has 1 amide bonds. The van der Waals surface area contributed by atoms with E-state index < -0.39 is 5.79 Å². The van der Waals surface area contributed by atoms with Crippen molar-refractivity contribution in [2.24, 2.45) is 0 Å². The number of aromatic nitrogens is 1. The van der Waals surface area contributed by atoms with Gasteiger partial charge in [-0.05, 0) is 24.5 Å². The Bertz CT molecular complexity index is 783. The van der Waals surface area contributed by atoms with Crippen molar-refractivity contribution < 1.29 is 14.3 Å². The molecule has 0 bridgehead atoms. The number of carbonyl (C=O) groups excluding carboxylic acids is 1. The van der Waals surface area contributed by atoms with Crippen molar-refractivity contribution in [2.75, 3.05) is 39.4 Å². The first kappa shape index (κ1) is 18.6. The summed E-state index contributed by atoms with van der Waals surface area (Å²) in [5, 5.41) is 2.35. The van der Waals surface area contributed by atoms with Crippen LogP contribution >= 0.6 is 11.3 Å². The van der Waals surface area contributed by atoms with E-state index in [-0.39, 0.29) is 5.91 Å². The zero-order valence-corrected chi connectivity index (χ0v) is 16.4. The Hall–Kier alpha value is -1.80. The maximum absolute atomic E-state index is 12.7. The summed E-state index contributed by atoms with van der Waals surface area (Å²) in [5.41, 5.74) is 2.61. The predicted octanol–water partition coefficient (Wildman–Crippen LogP) is 2.54. The number of amides is 1. The fourth-order valence-electron chi connectivity index (χ4n) is 3.75. The van der Waals surface area contributed by atoms with Crippen molar-refractivity contribution in [3.05, 3.63) is 52.0 Å². The van der Waals surface area contributed by atoms with Gasteiger partial charge in [-0.15, -0.1) is 11.3 Å². The molecule has 3 heterocycles. The third kappa shape index (κ3) is 4.21. The van der Waals surface area contributed by atoms with Crippen LogP contribution in [0.2, 0.25) is 0 Å². The number of hydrogen-bond donors (Lipinski definition) is 0. The van der Waals surface area contributed by atoms with Crippen LogP contribution in [-0.2, 0) is 16.0 Å². The summed E-state index contributed by atoms with van der Waals surface area (Å²) in [7, 11) is 0. The highest BCUT2D eigenvalue weighted by Crippen LogP contribution is 2.26. The van der Waals surface area contributed by atoms with Crippen molar-refractivity contribution in [1.82, 2.24) is 14.8 Å².